The fraction of sp³-hybridized carbons (Fsp3) is 0. The summed E-state index contributed by atoms with van der Waals surface area (Å²) in [4.78, 5) is 15.2. The molecule has 0 unspecified atom stereocenters. The van der Waals surface area contributed by atoms with Gasteiger partial charge in [0.25, 0.3) is 0 Å². The number of rotatable bonds is 3. The van der Waals surface area contributed by atoms with Crippen LogP contribution in [-0.4, -0.2) is 15.0 Å². The van der Waals surface area contributed by atoms with Gasteiger partial charge in [-0.1, -0.05) is 109 Å². The smallest absolute Gasteiger partial charge is 0.167 e. The zero-order valence-electron chi connectivity index (χ0n) is 24.4. The van der Waals surface area contributed by atoms with Crippen LogP contribution in [0, 0.1) is 0 Å². The third kappa shape index (κ3) is 3.72. The number of fused-ring (bicyclic) bond motifs is 10. The van der Waals surface area contributed by atoms with Gasteiger partial charge in [-0.25, -0.2) is 15.0 Å². The highest BCUT2D eigenvalue weighted by atomic mass is 16.3. The Morgan fingerprint density at radius 1 is 0.370 bits per heavy atom. The maximum absolute atomic E-state index is 6.39. The third-order valence-corrected chi connectivity index (χ3v) is 8.91. The van der Waals surface area contributed by atoms with Crippen molar-refractivity contribution in [3.8, 4) is 34.2 Å². The van der Waals surface area contributed by atoms with Gasteiger partial charge in [-0.2, -0.15) is 0 Å². The first-order valence-corrected chi connectivity index (χ1v) is 15.3. The van der Waals surface area contributed by atoms with Gasteiger partial charge in [-0.05, 0) is 46.5 Å². The molecule has 0 saturated carbocycles. The summed E-state index contributed by atoms with van der Waals surface area (Å²) < 4.78 is 12.7. The maximum atomic E-state index is 6.39. The molecule has 7 aromatic carbocycles. The first-order valence-electron chi connectivity index (χ1n) is 15.3. The summed E-state index contributed by atoms with van der Waals surface area (Å²) in [5.74, 6) is 1.77. The lowest BCUT2D eigenvalue weighted by atomic mass is 9.96. The van der Waals surface area contributed by atoms with Crippen LogP contribution in [0.2, 0.25) is 0 Å². The number of hydrogen-bond acceptors (Lipinski definition) is 5. The fourth-order valence-electron chi connectivity index (χ4n) is 6.76. The van der Waals surface area contributed by atoms with E-state index in [9.17, 15) is 0 Å². The molecular weight excluding hydrogens is 566 g/mol. The van der Waals surface area contributed by atoms with E-state index in [-0.39, 0.29) is 0 Å². The standard InChI is InChI=1S/C41H23N3O2/c1-2-9-26(10-3-1)39-42-40(44-41(43-39)31-14-8-13-29-28-11-4-6-15-33(28)46-38(29)31)27-20-18-24-17-19-25-21-22-35-37(36(25)32(24)23-27)30-12-5-7-16-34(30)45-35/h1-23H. The van der Waals surface area contributed by atoms with Crippen LogP contribution in [-0.2, 0) is 0 Å². The number of hydrogen-bond donors (Lipinski definition) is 0. The summed E-state index contributed by atoms with van der Waals surface area (Å²) >= 11 is 0. The maximum Gasteiger partial charge on any atom is 0.167 e. The van der Waals surface area contributed by atoms with Crippen LogP contribution in [0.25, 0.3) is 99.6 Å². The highest BCUT2D eigenvalue weighted by molar-refractivity contribution is 6.26. The molecule has 0 fully saturated rings. The van der Waals surface area contributed by atoms with Crippen molar-refractivity contribution in [1.29, 1.82) is 0 Å². The SMILES string of the molecule is c1ccc(-c2nc(-c3ccc4ccc5ccc6oc7ccccc7c6c5c4c3)nc(-c3cccc4c3oc3ccccc34)n2)cc1. The molecule has 3 heterocycles. The van der Waals surface area contributed by atoms with Crippen molar-refractivity contribution in [3.05, 3.63) is 140 Å². The normalized spacial score (nSPS) is 11.9. The minimum atomic E-state index is 0.565. The molecule has 0 bridgehead atoms. The van der Waals surface area contributed by atoms with E-state index in [0.29, 0.717) is 17.5 Å². The van der Waals surface area contributed by atoms with E-state index in [1.54, 1.807) is 0 Å². The average molecular weight is 590 g/mol. The molecule has 5 nitrogen and oxygen atoms in total. The topological polar surface area (TPSA) is 65.0 Å². The second-order valence-electron chi connectivity index (χ2n) is 11.6. The molecule has 0 aliphatic rings. The summed E-state index contributed by atoms with van der Waals surface area (Å²) in [6, 6.07) is 47.5. The van der Waals surface area contributed by atoms with Crippen molar-refractivity contribution >= 4 is 65.4 Å². The van der Waals surface area contributed by atoms with Gasteiger partial charge in [-0.15, -0.1) is 0 Å². The molecular formula is C41H23N3O2. The highest BCUT2D eigenvalue weighted by Gasteiger charge is 2.19. The Morgan fingerprint density at radius 2 is 1.02 bits per heavy atom. The molecule has 10 rings (SSSR count). The van der Waals surface area contributed by atoms with Crippen LogP contribution in [0.15, 0.2) is 148 Å². The summed E-state index contributed by atoms with van der Waals surface area (Å²) in [5.41, 5.74) is 6.00. The van der Waals surface area contributed by atoms with Crippen molar-refractivity contribution in [1.82, 2.24) is 15.0 Å². The minimum Gasteiger partial charge on any atom is -0.456 e. The summed E-state index contributed by atoms with van der Waals surface area (Å²) in [6.07, 6.45) is 0. The van der Waals surface area contributed by atoms with Crippen LogP contribution < -0.4 is 0 Å². The van der Waals surface area contributed by atoms with Crippen molar-refractivity contribution in [3.63, 3.8) is 0 Å². The first-order chi connectivity index (χ1) is 22.8. The van der Waals surface area contributed by atoms with Crippen molar-refractivity contribution in [2.24, 2.45) is 0 Å². The van der Waals surface area contributed by atoms with E-state index in [2.05, 4.69) is 66.7 Å². The monoisotopic (exact) mass is 589 g/mol. The zero-order valence-corrected chi connectivity index (χ0v) is 24.4. The van der Waals surface area contributed by atoms with E-state index < -0.39 is 0 Å². The largest absolute Gasteiger partial charge is 0.456 e. The molecule has 46 heavy (non-hydrogen) atoms. The molecule has 0 amide bonds. The zero-order chi connectivity index (χ0) is 30.2. The second-order valence-corrected chi connectivity index (χ2v) is 11.6. The number of furan rings is 2. The van der Waals surface area contributed by atoms with Crippen LogP contribution in [0.5, 0.6) is 0 Å². The molecule has 10 aromatic rings. The molecule has 0 radical (unpaired) electrons. The van der Waals surface area contributed by atoms with Crippen LogP contribution in [0.1, 0.15) is 0 Å². The lowest BCUT2D eigenvalue weighted by Crippen LogP contribution is -2.00. The van der Waals surface area contributed by atoms with Gasteiger partial charge >= 0.3 is 0 Å². The van der Waals surface area contributed by atoms with E-state index in [1.165, 1.54) is 0 Å². The van der Waals surface area contributed by atoms with Crippen LogP contribution in [0.3, 0.4) is 0 Å². The Labute approximate surface area is 262 Å². The molecule has 0 spiro atoms. The van der Waals surface area contributed by atoms with E-state index in [1.807, 2.05) is 72.8 Å². The number of nitrogens with zero attached hydrogens (tertiary/aromatic N) is 3. The molecule has 0 saturated heterocycles. The van der Waals surface area contributed by atoms with Crippen LogP contribution in [0.4, 0.5) is 0 Å². The lowest BCUT2D eigenvalue weighted by molar-refractivity contribution is 0.669. The van der Waals surface area contributed by atoms with Gasteiger partial charge in [0.2, 0.25) is 0 Å². The van der Waals surface area contributed by atoms with Gasteiger partial charge < -0.3 is 8.83 Å². The number of para-hydroxylation sites is 3. The fourth-order valence-corrected chi connectivity index (χ4v) is 6.76. The molecule has 3 aromatic heterocycles. The Hall–Kier alpha value is -6.33. The van der Waals surface area contributed by atoms with Crippen LogP contribution >= 0.6 is 0 Å². The number of benzene rings is 7. The van der Waals surface area contributed by atoms with E-state index in [0.717, 1.165) is 82.1 Å². The molecule has 0 N–H and O–H groups in total. The molecule has 0 aliphatic heterocycles. The Bertz CT molecular complexity index is 2810. The predicted molar refractivity (Wildman–Crippen MR) is 186 cm³/mol. The minimum absolute atomic E-state index is 0.565. The Balaban J connectivity index is 1.25. The Kier molecular flexibility index (Phi) is 5.22. The van der Waals surface area contributed by atoms with Gasteiger partial charge in [0, 0.05) is 38.1 Å². The second kappa shape index (κ2) is 9.58. The van der Waals surface area contributed by atoms with Crippen molar-refractivity contribution in [2.75, 3.05) is 0 Å². The molecule has 5 heteroatoms. The van der Waals surface area contributed by atoms with E-state index >= 15 is 0 Å². The van der Waals surface area contributed by atoms with Gasteiger partial charge in [0.15, 0.2) is 17.5 Å². The van der Waals surface area contributed by atoms with Gasteiger partial charge in [0.1, 0.15) is 22.3 Å². The van der Waals surface area contributed by atoms with Crippen molar-refractivity contribution < 1.29 is 8.83 Å². The lowest BCUT2D eigenvalue weighted by Gasteiger charge is -2.11. The molecule has 214 valence electrons. The quantitative estimate of drug-likeness (QED) is 0.192. The molecule has 0 aliphatic carbocycles. The summed E-state index contributed by atoms with van der Waals surface area (Å²) in [5, 5.41) is 8.89. The summed E-state index contributed by atoms with van der Waals surface area (Å²) in [6.45, 7) is 0. The van der Waals surface area contributed by atoms with Gasteiger partial charge in [0.05, 0.1) is 5.56 Å². The highest BCUT2D eigenvalue weighted by Crippen LogP contribution is 2.40. The average Bonchev–Trinajstić information content (AvgIpc) is 3.70. The van der Waals surface area contributed by atoms with Gasteiger partial charge in [-0.3, -0.25) is 0 Å². The first kappa shape index (κ1) is 25.0. The van der Waals surface area contributed by atoms with Crippen molar-refractivity contribution in [2.45, 2.75) is 0 Å². The third-order valence-electron chi connectivity index (χ3n) is 8.91. The molecule has 0 atom stereocenters. The summed E-state index contributed by atoms with van der Waals surface area (Å²) in [7, 11) is 0. The Morgan fingerprint density at radius 3 is 1.89 bits per heavy atom. The van der Waals surface area contributed by atoms with E-state index in [4.69, 9.17) is 23.8 Å². The number of aromatic nitrogens is 3. The predicted octanol–water partition coefficient (Wildman–Crippen LogP) is 11.0.